The summed E-state index contributed by atoms with van der Waals surface area (Å²) < 4.78 is 16.6. The molecule has 0 saturated heterocycles. The Bertz CT molecular complexity index is 1050. The monoisotopic (exact) mass is 391 g/mol. The largest absolute Gasteiger partial charge is 0.454 e. The molecule has 1 aliphatic rings. The first kappa shape index (κ1) is 18.1. The van der Waals surface area contributed by atoms with Gasteiger partial charge in [0.05, 0.1) is 11.6 Å². The van der Waals surface area contributed by atoms with Gasteiger partial charge >= 0.3 is 0 Å². The summed E-state index contributed by atoms with van der Waals surface area (Å²) >= 11 is 1.48. The van der Waals surface area contributed by atoms with E-state index in [4.69, 9.17) is 14.2 Å². The third kappa shape index (κ3) is 4.02. The average molecular weight is 391 g/mol. The van der Waals surface area contributed by atoms with Crippen LogP contribution in [0.5, 0.6) is 23.1 Å². The van der Waals surface area contributed by atoms with E-state index in [1.165, 1.54) is 11.8 Å². The van der Waals surface area contributed by atoms with Crippen LogP contribution in [-0.2, 0) is 12.2 Å². The molecule has 0 unspecified atom stereocenters. The Morgan fingerprint density at radius 1 is 1.11 bits per heavy atom. The van der Waals surface area contributed by atoms with Crippen LogP contribution < -0.4 is 14.2 Å². The molecule has 7 heteroatoms. The summed E-state index contributed by atoms with van der Waals surface area (Å²) in [5, 5.41) is 9.86. The van der Waals surface area contributed by atoms with Gasteiger partial charge in [0.2, 0.25) is 12.7 Å². The van der Waals surface area contributed by atoms with Crippen LogP contribution in [0.25, 0.3) is 0 Å². The predicted molar refractivity (Wildman–Crippen MR) is 105 cm³/mol. The summed E-state index contributed by atoms with van der Waals surface area (Å²) in [4.78, 5) is 9.08. The minimum absolute atomic E-state index is 0.219. The highest BCUT2D eigenvalue weighted by Crippen LogP contribution is 2.36. The molecule has 2 aromatic carbocycles. The van der Waals surface area contributed by atoms with Gasteiger partial charge in [-0.05, 0) is 30.2 Å². The molecule has 3 aromatic rings. The molecule has 0 fully saturated rings. The van der Waals surface area contributed by atoms with Crippen molar-refractivity contribution < 1.29 is 14.2 Å². The number of nitrogens with zero attached hydrogens (tertiary/aromatic N) is 3. The number of aryl methyl sites for hydroxylation is 1. The van der Waals surface area contributed by atoms with Crippen LogP contribution in [0.4, 0.5) is 0 Å². The lowest BCUT2D eigenvalue weighted by molar-refractivity contribution is 0.174. The minimum atomic E-state index is 0.219. The van der Waals surface area contributed by atoms with E-state index in [1.807, 2.05) is 49.4 Å². The van der Waals surface area contributed by atoms with E-state index >= 15 is 0 Å². The van der Waals surface area contributed by atoms with Gasteiger partial charge in [-0.15, -0.1) is 0 Å². The normalized spacial score (nSPS) is 11.9. The molecule has 6 nitrogen and oxygen atoms in total. The minimum Gasteiger partial charge on any atom is -0.454 e. The van der Waals surface area contributed by atoms with E-state index in [1.54, 1.807) is 6.07 Å². The lowest BCUT2D eigenvalue weighted by atomic mass is 10.1. The maximum absolute atomic E-state index is 9.24. The zero-order chi connectivity index (χ0) is 19.3. The molecular formula is C21H17N3O3S. The lowest BCUT2D eigenvalue weighted by Gasteiger charge is -2.09. The van der Waals surface area contributed by atoms with Crippen molar-refractivity contribution in [3.8, 4) is 29.2 Å². The van der Waals surface area contributed by atoms with Gasteiger partial charge in [0.1, 0.15) is 5.75 Å². The van der Waals surface area contributed by atoms with Gasteiger partial charge in [0, 0.05) is 23.6 Å². The molecule has 140 valence electrons. The summed E-state index contributed by atoms with van der Waals surface area (Å²) in [5.74, 6) is 3.07. The topological polar surface area (TPSA) is 77.3 Å². The van der Waals surface area contributed by atoms with E-state index < -0.39 is 0 Å². The third-order valence-electron chi connectivity index (χ3n) is 4.16. The van der Waals surface area contributed by atoms with Crippen LogP contribution in [0.15, 0.2) is 53.7 Å². The molecule has 28 heavy (non-hydrogen) atoms. The highest BCUT2D eigenvalue weighted by Gasteiger charge is 2.15. The van der Waals surface area contributed by atoms with Crippen LogP contribution in [0.3, 0.4) is 0 Å². The van der Waals surface area contributed by atoms with Gasteiger partial charge in [-0.3, -0.25) is 0 Å². The average Bonchev–Trinajstić information content (AvgIpc) is 3.20. The second kappa shape index (κ2) is 8.19. The summed E-state index contributed by atoms with van der Waals surface area (Å²) in [5.41, 5.74) is 2.51. The number of benzene rings is 2. The Kier molecular flexibility index (Phi) is 5.31. The van der Waals surface area contributed by atoms with Crippen LogP contribution in [0, 0.1) is 11.3 Å². The lowest BCUT2D eigenvalue weighted by Crippen LogP contribution is -1.98. The highest BCUT2D eigenvalue weighted by molar-refractivity contribution is 7.98. The van der Waals surface area contributed by atoms with Crippen molar-refractivity contribution in [3.05, 3.63) is 65.4 Å². The summed E-state index contributed by atoms with van der Waals surface area (Å²) in [6, 6.07) is 17.0. The van der Waals surface area contributed by atoms with Gasteiger partial charge in [0.25, 0.3) is 0 Å². The number of hydrogen-bond acceptors (Lipinski definition) is 7. The predicted octanol–water partition coefficient (Wildman–Crippen LogP) is 4.72. The maximum Gasteiger partial charge on any atom is 0.231 e. The van der Waals surface area contributed by atoms with Crippen molar-refractivity contribution in [1.29, 1.82) is 5.26 Å². The Morgan fingerprint density at radius 2 is 1.96 bits per heavy atom. The van der Waals surface area contributed by atoms with Crippen LogP contribution in [0.2, 0.25) is 0 Å². The number of aromatic nitrogens is 2. The summed E-state index contributed by atoms with van der Waals surface area (Å²) in [6.07, 6.45) is 0.766. The fraction of sp³-hybridized carbons (Fsp3) is 0.190. The smallest absolute Gasteiger partial charge is 0.231 e. The van der Waals surface area contributed by atoms with E-state index in [0.29, 0.717) is 39.6 Å². The Hall–Kier alpha value is -3.24. The number of hydrogen-bond donors (Lipinski definition) is 0. The van der Waals surface area contributed by atoms with Gasteiger partial charge < -0.3 is 14.2 Å². The molecular weight excluding hydrogens is 374 g/mol. The molecule has 1 aromatic heterocycles. The van der Waals surface area contributed by atoms with E-state index in [0.717, 1.165) is 17.7 Å². The highest BCUT2D eigenvalue weighted by atomic mass is 32.2. The van der Waals surface area contributed by atoms with Crippen molar-refractivity contribution in [2.24, 2.45) is 0 Å². The van der Waals surface area contributed by atoms with Crippen molar-refractivity contribution >= 4 is 11.8 Å². The molecule has 0 amide bonds. The molecule has 4 rings (SSSR count). The van der Waals surface area contributed by atoms with E-state index in [2.05, 4.69) is 16.0 Å². The number of rotatable bonds is 6. The van der Waals surface area contributed by atoms with Crippen molar-refractivity contribution in [2.45, 2.75) is 24.3 Å². The zero-order valence-corrected chi connectivity index (χ0v) is 16.0. The van der Waals surface area contributed by atoms with Crippen LogP contribution >= 0.6 is 11.8 Å². The van der Waals surface area contributed by atoms with Gasteiger partial charge in [-0.1, -0.05) is 36.9 Å². The Balaban J connectivity index is 1.53. The van der Waals surface area contributed by atoms with Gasteiger partial charge in [-0.2, -0.15) is 10.2 Å². The first-order chi connectivity index (χ1) is 13.7. The first-order valence-corrected chi connectivity index (χ1v) is 9.80. The fourth-order valence-corrected chi connectivity index (χ4v) is 3.58. The molecule has 0 spiro atoms. The molecule has 0 aliphatic carbocycles. The molecule has 1 aliphatic heterocycles. The molecule has 0 bridgehead atoms. The van der Waals surface area contributed by atoms with E-state index in [9.17, 15) is 5.26 Å². The van der Waals surface area contributed by atoms with Crippen molar-refractivity contribution in [1.82, 2.24) is 9.97 Å². The molecule has 0 atom stereocenters. The second-order valence-electron chi connectivity index (χ2n) is 6.01. The Labute approximate surface area is 167 Å². The fourth-order valence-electron chi connectivity index (χ4n) is 2.71. The van der Waals surface area contributed by atoms with Crippen molar-refractivity contribution in [2.75, 3.05) is 6.79 Å². The molecule has 0 N–H and O–H groups in total. The number of ether oxygens (including phenoxy) is 3. The quantitative estimate of drug-likeness (QED) is 0.444. The van der Waals surface area contributed by atoms with E-state index in [-0.39, 0.29) is 6.79 Å². The van der Waals surface area contributed by atoms with Gasteiger partial charge in [0.15, 0.2) is 16.7 Å². The number of thioether (sulfide) groups is 1. The second-order valence-corrected chi connectivity index (χ2v) is 6.95. The maximum atomic E-state index is 9.24. The third-order valence-corrected chi connectivity index (χ3v) is 5.05. The summed E-state index contributed by atoms with van der Waals surface area (Å²) in [6.45, 7) is 2.25. The van der Waals surface area contributed by atoms with Gasteiger partial charge in [-0.25, -0.2) is 4.98 Å². The number of fused-ring (bicyclic) bond motifs is 1. The number of nitriles is 1. The summed E-state index contributed by atoms with van der Waals surface area (Å²) in [7, 11) is 0. The standard InChI is InChI=1S/C21H17N3O3S/c1-2-16-9-20(27-17-7-8-18-19(10-17)26-13-25-18)24-21(23-16)28-12-15-6-4-3-5-14(15)11-22/h3-10H,2,12-13H2,1H3. The first-order valence-electron chi connectivity index (χ1n) is 8.81. The molecule has 2 heterocycles. The Morgan fingerprint density at radius 3 is 2.82 bits per heavy atom. The van der Waals surface area contributed by atoms with Crippen molar-refractivity contribution in [3.63, 3.8) is 0 Å². The zero-order valence-electron chi connectivity index (χ0n) is 15.2. The molecule has 0 saturated carbocycles. The van der Waals surface area contributed by atoms with Crippen LogP contribution in [-0.4, -0.2) is 16.8 Å². The SMILES string of the molecule is CCc1cc(Oc2ccc3c(c2)OCO3)nc(SCc2ccccc2C#N)n1. The molecule has 0 radical (unpaired) electrons. The van der Waals surface area contributed by atoms with Crippen LogP contribution in [0.1, 0.15) is 23.7 Å².